The molecule has 0 bridgehead atoms. The summed E-state index contributed by atoms with van der Waals surface area (Å²) in [6.07, 6.45) is -1.08. The number of carboxylic acids is 2. The van der Waals surface area contributed by atoms with Crippen LogP contribution in [0.25, 0.3) is 0 Å². The summed E-state index contributed by atoms with van der Waals surface area (Å²) in [6.45, 7) is 0. The second-order valence-electron chi connectivity index (χ2n) is 4.22. The van der Waals surface area contributed by atoms with E-state index in [9.17, 15) is 19.2 Å². The number of carbonyl (C=O) groups excluding carboxylic acids is 2. The topological polar surface area (TPSA) is 161 Å². The Bertz CT molecular complexity index is 403. The van der Waals surface area contributed by atoms with Gasteiger partial charge in [0.05, 0.1) is 0 Å². The average Bonchev–Trinajstić information content (AvgIpc) is 2.41. The third-order valence-corrected chi connectivity index (χ3v) is 3.83. The van der Waals surface area contributed by atoms with Crippen LogP contribution in [-0.2, 0) is 19.2 Å². The zero-order valence-corrected chi connectivity index (χ0v) is 12.2. The Hall–Kier alpha value is -1.10. The van der Waals surface area contributed by atoms with Crippen molar-refractivity contribution < 1.29 is 29.4 Å². The molecule has 0 amide bonds. The van der Waals surface area contributed by atoms with E-state index in [0.717, 1.165) is 0 Å². The van der Waals surface area contributed by atoms with Gasteiger partial charge in [0.25, 0.3) is 0 Å². The molecule has 20 heavy (non-hydrogen) atoms. The van der Waals surface area contributed by atoms with Crippen LogP contribution in [0.4, 0.5) is 0 Å². The number of aliphatic carboxylic acids is 2. The highest BCUT2D eigenvalue weighted by atomic mass is 32.1. The van der Waals surface area contributed by atoms with Gasteiger partial charge in [-0.3, -0.25) is 9.59 Å². The highest BCUT2D eigenvalue weighted by Gasteiger charge is 2.43. The second-order valence-corrected chi connectivity index (χ2v) is 4.85. The fourth-order valence-corrected chi connectivity index (χ4v) is 1.85. The Morgan fingerprint density at radius 2 is 1.05 bits per heavy atom. The van der Waals surface area contributed by atoms with Crippen molar-refractivity contribution >= 4 is 48.8 Å². The van der Waals surface area contributed by atoms with Gasteiger partial charge in [-0.15, -0.1) is 0 Å². The fourth-order valence-electron chi connectivity index (χ4n) is 1.22. The molecule has 0 heterocycles. The number of Topliss-reactive ketones (excluding diaryl/α,β-unsaturated/α-hetero) is 2. The zero-order chi connectivity index (χ0) is 16.1. The van der Waals surface area contributed by atoms with E-state index >= 15 is 0 Å². The molecule has 6 N–H and O–H groups in total. The van der Waals surface area contributed by atoms with Crippen LogP contribution in [0.3, 0.4) is 0 Å². The molecule has 2 atom stereocenters. The summed E-state index contributed by atoms with van der Waals surface area (Å²) in [5, 5.41) is 17.7. The van der Waals surface area contributed by atoms with E-state index in [2.05, 4.69) is 25.3 Å². The third-order valence-electron chi connectivity index (χ3n) is 2.84. The Kier molecular flexibility index (Phi) is 6.68. The van der Waals surface area contributed by atoms with E-state index in [-0.39, 0.29) is 0 Å². The van der Waals surface area contributed by atoms with Crippen LogP contribution < -0.4 is 11.5 Å². The largest absolute Gasteiger partial charge is 0.480 e. The van der Waals surface area contributed by atoms with Gasteiger partial charge >= 0.3 is 11.9 Å². The summed E-state index contributed by atoms with van der Waals surface area (Å²) < 4.78 is 0. The average molecular weight is 324 g/mol. The molecule has 0 fully saturated rings. The molecule has 8 nitrogen and oxygen atoms in total. The summed E-state index contributed by atoms with van der Waals surface area (Å²) >= 11 is 7.38. The first-order valence-electron chi connectivity index (χ1n) is 5.39. The van der Waals surface area contributed by atoms with Crippen molar-refractivity contribution in [2.24, 2.45) is 11.5 Å². The van der Waals surface area contributed by atoms with Gasteiger partial charge in [-0.1, -0.05) is 0 Å². The number of nitrogens with two attached hydrogens (primary N) is 2. The fraction of sp³-hybridized carbons (Fsp3) is 0.600. The number of thiol groups is 2. The Labute approximate surface area is 125 Å². The monoisotopic (exact) mass is 324 g/mol. The maximum Gasteiger partial charge on any atom is 0.332 e. The number of carboxylic acid groups (broad SMARTS) is 2. The van der Waals surface area contributed by atoms with Crippen LogP contribution in [0.5, 0.6) is 0 Å². The number of hydrogen-bond donors (Lipinski definition) is 6. The smallest absolute Gasteiger partial charge is 0.332 e. The van der Waals surface area contributed by atoms with E-state index in [4.69, 9.17) is 21.7 Å². The van der Waals surface area contributed by atoms with Gasteiger partial charge in [0, 0.05) is 24.3 Å². The summed E-state index contributed by atoms with van der Waals surface area (Å²) in [5.74, 6) is -5.91. The van der Waals surface area contributed by atoms with E-state index < -0.39 is 58.9 Å². The molecule has 0 aromatic carbocycles. The summed E-state index contributed by atoms with van der Waals surface area (Å²) in [5.41, 5.74) is 6.31. The van der Waals surface area contributed by atoms with Crippen LogP contribution in [-0.4, -0.2) is 56.3 Å². The van der Waals surface area contributed by atoms with Gasteiger partial charge < -0.3 is 21.7 Å². The van der Waals surface area contributed by atoms with Crippen molar-refractivity contribution in [1.82, 2.24) is 0 Å². The molecular formula is C10H16N2O6S2. The summed E-state index contributed by atoms with van der Waals surface area (Å²) in [7, 11) is 0. The lowest BCUT2D eigenvalue weighted by atomic mass is 9.89. The standard InChI is InChI=1S/C10H16N2O6S2/c11-9(3-19,7(15)16)5(13)1-2-6(14)10(12,4-20)8(17)18/h19-20H,1-4,11-12H2,(H,15,16)(H,17,18). The highest BCUT2D eigenvalue weighted by Crippen LogP contribution is 2.14. The Balaban J connectivity index is 4.88. The van der Waals surface area contributed by atoms with Crippen molar-refractivity contribution in [2.45, 2.75) is 23.9 Å². The molecule has 2 unspecified atom stereocenters. The number of hydrogen-bond acceptors (Lipinski definition) is 8. The van der Waals surface area contributed by atoms with Crippen molar-refractivity contribution in [2.75, 3.05) is 11.5 Å². The molecule has 10 heteroatoms. The van der Waals surface area contributed by atoms with E-state index in [0.29, 0.717) is 0 Å². The van der Waals surface area contributed by atoms with Crippen molar-refractivity contribution in [3.8, 4) is 0 Å². The third kappa shape index (κ3) is 3.72. The Morgan fingerprint density at radius 1 is 0.800 bits per heavy atom. The lowest BCUT2D eigenvalue weighted by molar-refractivity contribution is -0.150. The predicted octanol–water partition coefficient (Wildman–Crippen LogP) is -1.67. The Morgan fingerprint density at radius 3 is 1.20 bits per heavy atom. The molecule has 0 radical (unpaired) electrons. The molecule has 0 aliphatic rings. The maximum atomic E-state index is 11.7. The van der Waals surface area contributed by atoms with Crippen molar-refractivity contribution in [3.63, 3.8) is 0 Å². The molecule has 0 aliphatic carbocycles. The van der Waals surface area contributed by atoms with Gasteiger partial charge in [-0.2, -0.15) is 25.3 Å². The number of ketones is 2. The maximum absolute atomic E-state index is 11.7. The summed E-state index contributed by atoms with van der Waals surface area (Å²) in [6, 6.07) is 0. The van der Waals surface area contributed by atoms with Gasteiger partial charge in [-0.25, -0.2) is 9.59 Å². The van der Waals surface area contributed by atoms with E-state index in [1.165, 1.54) is 0 Å². The quantitative estimate of drug-likeness (QED) is 0.217. The molecule has 114 valence electrons. The van der Waals surface area contributed by atoms with Crippen molar-refractivity contribution in [3.05, 3.63) is 0 Å². The van der Waals surface area contributed by atoms with Crippen LogP contribution in [0.15, 0.2) is 0 Å². The molecule has 0 saturated heterocycles. The van der Waals surface area contributed by atoms with Crippen LogP contribution in [0, 0.1) is 0 Å². The molecular weight excluding hydrogens is 308 g/mol. The highest BCUT2D eigenvalue weighted by molar-refractivity contribution is 7.80. The van der Waals surface area contributed by atoms with Crippen molar-refractivity contribution in [1.29, 1.82) is 0 Å². The SMILES string of the molecule is NC(CS)(C(=O)O)C(=O)CCC(=O)C(N)(CS)C(=O)O. The molecule has 0 spiro atoms. The van der Waals surface area contributed by atoms with Crippen LogP contribution >= 0.6 is 25.3 Å². The zero-order valence-electron chi connectivity index (χ0n) is 10.4. The molecule has 0 aromatic heterocycles. The van der Waals surface area contributed by atoms with Crippen LogP contribution in [0.2, 0.25) is 0 Å². The van der Waals surface area contributed by atoms with Gasteiger partial charge in [-0.05, 0) is 0 Å². The summed E-state index contributed by atoms with van der Waals surface area (Å²) in [4.78, 5) is 45.2. The number of carbonyl (C=O) groups is 4. The van der Waals surface area contributed by atoms with Gasteiger partial charge in [0.1, 0.15) is 0 Å². The van der Waals surface area contributed by atoms with Gasteiger partial charge in [0.15, 0.2) is 22.6 Å². The minimum atomic E-state index is -2.22. The predicted molar refractivity (Wildman–Crippen MR) is 76.1 cm³/mol. The molecule has 0 saturated carbocycles. The lowest BCUT2D eigenvalue weighted by Gasteiger charge is -2.23. The van der Waals surface area contributed by atoms with Crippen LogP contribution in [0.1, 0.15) is 12.8 Å². The first-order valence-corrected chi connectivity index (χ1v) is 6.65. The first-order chi connectivity index (χ1) is 9.06. The normalized spacial score (nSPS) is 16.8. The molecule has 0 aliphatic heterocycles. The minimum Gasteiger partial charge on any atom is -0.480 e. The lowest BCUT2D eigenvalue weighted by Crippen LogP contribution is -2.58. The van der Waals surface area contributed by atoms with Gasteiger partial charge in [0.2, 0.25) is 0 Å². The first kappa shape index (κ1) is 18.9. The second kappa shape index (κ2) is 7.07. The van der Waals surface area contributed by atoms with E-state index in [1.807, 2.05) is 0 Å². The van der Waals surface area contributed by atoms with E-state index in [1.54, 1.807) is 0 Å². The molecule has 0 rings (SSSR count). The molecule has 0 aromatic rings. The minimum absolute atomic E-state index is 0.450. The number of rotatable bonds is 9.